The monoisotopic (exact) mass is 411 g/mol. The fraction of sp³-hybridized carbons (Fsp3) is 0.526. The maximum atomic E-state index is 12.0. The number of alkyl carbamates (subject to hydrolysis) is 1. The van der Waals surface area contributed by atoms with Crippen LogP contribution in [0.3, 0.4) is 0 Å². The van der Waals surface area contributed by atoms with Gasteiger partial charge >= 0.3 is 6.09 Å². The Balaban J connectivity index is 1.94. The van der Waals surface area contributed by atoms with E-state index >= 15 is 0 Å². The molecule has 0 bridgehead atoms. The molecule has 1 atom stereocenters. The fourth-order valence-corrected chi connectivity index (χ4v) is 3.19. The van der Waals surface area contributed by atoms with Gasteiger partial charge in [-0.25, -0.2) is 4.79 Å². The Kier molecular flexibility index (Phi) is 6.81. The summed E-state index contributed by atoms with van der Waals surface area (Å²) in [6, 6.07) is 7.77. The molecule has 1 aromatic heterocycles. The van der Waals surface area contributed by atoms with Crippen molar-refractivity contribution >= 4 is 29.5 Å². The zero-order chi connectivity index (χ0) is 20.2. The second-order valence-corrected chi connectivity index (χ2v) is 9.53. The Hall–Kier alpha value is -1.73. The maximum Gasteiger partial charge on any atom is 0.408 e. The van der Waals surface area contributed by atoms with Gasteiger partial charge in [-0.1, -0.05) is 28.9 Å². The third-order valence-electron chi connectivity index (χ3n) is 3.64. The van der Waals surface area contributed by atoms with E-state index < -0.39 is 17.2 Å². The summed E-state index contributed by atoms with van der Waals surface area (Å²) in [6.45, 7) is 11.1. The van der Waals surface area contributed by atoms with Crippen LogP contribution in [0.4, 0.5) is 4.79 Å². The highest BCUT2D eigenvalue weighted by Crippen LogP contribution is 2.31. The molecule has 2 aromatic rings. The molecule has 1 aromatic carbocycles. The minimum atomic E-state index is -0.809. The molecular weight excluding hydrogens is 386 g/mol. The molecule has 148 valence electrons. The molecule has 0 saturated heterocycles. The molecule has 1 N–H and O–H groups in total. The molecule has 2 rings (SSSR count). The average molecular weight is 412 g/mol. The number of nitrogens with one attached hydrogen (secondary N) is 1. The maximum absolute atomic E-state index is 12.0. The minimum absolute atomic E-state index is 0.255. The molecule has 8 heteroatoms. The van der Waals surface area contributed by atoms with Gasteiger partial charge in [0.2, 0.25) is 5.89 Å². The molecule has 0 aliphatic carbocycles. The number of carbonyl (C=O) groups excluding carboxylic acids is 1. The molecule has 1 amide bonds. The zero-order valence-electron chi connectivity index (χ0n) is 16.5. The summed E-state index contributed by atoms with van der Waals surface area (Å²) in [5.74, 6) is 1.48. The third kappa shape index (κ3) is 6.74. The van der Waals surface area contributed by atoms with Crippen molar-refractivity contribution < 1.29 is 14.1 Å². The number of nitrogens with zero attached hydrogens (tertiary/aromatic N) is 2. The van der Waals surface area contributed by atoms with Crippen molar-refractivity contribution in [3.63, 3.8) is 0 Å². The summed E-state index contributed by atoms with van der Waals surface area (Å²) < 4.78 is 10.6. The molecule has 6 nitrogen and oxygen atoms in total. The fourth-order valence-electron chi connectivity index (χ4n) is 2.21. The summed E-state index contributed by atoms with van der Waals surface area (Å²) in [5.41, 5.74) is -0.204. The molecule has 0 fully saturated rings. The first-order chi connectivity index (χ1) is 12.5. The van der Waals surface area contributed by atoms with Gasteiger partial charge in [0.25, 0.3) is 0 Å². The molecule has 0 spiro atoms. The van der Waals surface area contributed by atoms with E-state index in [-0.39, 0.29) is 5.25 Å². The van der Waals surface area contributed by atoms with Gasteiger partial charge in [-0.05, 0) is 59.2 Å². The number of carbonyl (C=O) groups is 1. The third-order valence-corrected chi connectivity index (χ3v) is 5.07. The highest BCUT2D eigenvalue weighted by atomic mass is 35.5. The second kappa shape index (κ2) is 8.52. The van der Waals surface area contributed by atoms with Crippen LogP contribution >= 0.6 is 23.4 Å². The summed E-state index contributed by atoms with van der Waals surface area (Å²) in [5, 5.41) is 7.76. The molecule has 1 unspecified atom stereocenters. The van der Waals surface area contributed by atoms with Crippen LogP contribution in [0.5, 0.6) is 0 Å². The zero-order valence-corrected chi connectivity index (χ0v) is 18.1. The van der Waals surface area contributed by atoms with Crippen LogP contribution in [-0.4, -0.2) is 21.8 Å². The van der Waals surface area contributed by atoms with Crippen LogP contribution in [0.25, 0.3) is 0 Å². The summed E-state index contributed by atoms with van der Waals surface area (Å²) in [7, 11) is 0. The largest absolute Gasteiger partial charge is 0.444 e. The van der Waals surface area contributed by atoms with Crippen molar-refractivity contribution in [1.82, 2.24) is 15.5 Å². The number of ether oxygens (including phenoxy) is 1. The van der Waals surface area contributed by atoms with Gasteiger partial charge in [0.15, 0.2) is 5.82 Å². The quantitative estimate of drug-likeness (QED) is 0.678. The van der Waals surface area contributed by atoms with Crippen molar-refractivity contribution in [1.29, 1.82) is 0 Å². The van der Waals surface area contributed by atoms with E-state index in [1.54, 1.807) is 25.6 Å². The van der Waals surface area contributed by atoms with E-state index in [1.165, 1.54) is 5.56 Å². The Morgan fingerprint density at radius 2 is 1.89 bits per heavy atom. The lowest BCUT2D eigenvalue weighted by Crippen LogP contribution is -2.44. The predicted octanol–water partition coefficient (Wildman–Crippen LogP) is 5.48. The van der Waals surface area contributed by atoms with Gasteiger partial charge in [-0.3, -0.25) is 0 Å². The van der Waals surface area contributed by atoms with Crippen molar-refractivity contribution in [2.75, 3.05) is 0 Å². The first-order valence-electron chi connectivity index (χ1n) is 8.67. The smallest absolute Gasteiger partial charge is 0.408 e. The SMILES string of the molecule is CC(SCc1nc(C(C)(C)NC(=O)OC(C)(C)C)no1)c1ccc(Cl)cc1. The van der Waals surface area contributed by atoms with E-state index in [0.29, 0.717) is 17.5 Å². The highest BCUT2D eigenvalue weighted by Gasteiger charge is 2.31. The average Bonchev–Trinajstić information content (AvgIpc) is 3.00. The van der Waals surface area contributed by atoms with E-state index in [1.807, 2.05) is 45.0 Å². The Labute approximate surface area is 169 Å². The number of halogens is 1. The van der Waals surface area contributed by atoms with Crippen molar-refractivity contribution in [2.45, 2.75) is 63.7 Å². The lowest BCUT2D eigenvalue weighted by atomic mass is 10.1. The molecule has 0 saturated carbocycles. The number of rotatable bonds is 6. The van der Waals surface area contributed by atoms with Gasteiger partial charge in [0.1, 0.15) is 11.1 Å². The number of hydrogen-bond donors (Lipinski definition) is 1. The van der Waals surface area contributed by atoms with Crippen LogP contribution in [0.15, 0.2) is 28.8 Å². The number of thioether (sulfide) groups is 1. The van der Waals surface area contributed by atoms with Crippen molar-refractivity contribution in [3.05, 3.63) is 46.6 Å². The number of benzene rings is 1. The van der Waals surface area contributed by atoms with Crippen LogP contribution < -0.4 is 5.32 Å². The van der Waals surface area contributed by atoms with Gasteiger partial charge in [0, 0.05) is 10.3 Å². The lowest BCUT2D eigenvalue weighted by Gasteiger charge is -2.26. The van der Waals surface area contributed by atoms with Gasteiger partial charge in [-0.15, -0.1) is 11.8 Å². The second-order valence-electron chi connectivity index (χ2n) is 7.77. The van der Waals surface area contributed by atoms with E-state index in [0.717, 1.165) is 5.02 Å². The van der Waals surface area contributed by atoms with Crippen LogP contribution in [0.2, 0.25) is 5.02 Å². The first-order valence-corrected chi connectivity index (χ1v) is 10.1. The lowest BCUT2D eigenvalue weighted by molar-refractivity contribution is 0.0465. The van der Waals surface area contributed by atoms with E-state index in [4.69, 9.17) is 20.9 Å². The number of hydrogen-bond acceptors (Lipinski definition) is 6. The van der Waals surface area contributed by atoms with Crippen molar-refractivity contribution in [2.24, 2.45) is 0 Å². The van der Waals surface area contributed by atoms with Crippen LogP contribution in [0, 0.1) is 0 Å². The van der Waals surface area contributed by atoms with Crippen LogP contribution in [0.1, 0.15) is 64.1 Å². The molecule has 27 heavy (non-hydrogen) atoms. The van der Waals surface area contributed by atoms with Gasteiger partial charge in [0.05, 0.1) is 5.75 Å². The first kappa shape index (κ1) is 21.6. The minimum Gasteiger partial charge on any atom is -0.444 e. The summed E-state index contributed by atoms with van der Waals surface area (Å²) >= 11 is 7.61. The molecular formula is C19H26ClN3O3S. The summed E-state index contributed by atoms with van der Waals surface area (Å²) in [4.78, 5) is 16.4. The summed E-state index contributed by atoms with van der Waals surface area (Å²) in [6.07, 6.45) is -0.524. The molecule has 0 radical (unpaired) electrons. The van der Waals surface area contributed by atoms with E-state index in [9.17, 15) is 4.79 Å². The molecule has 1 heterocycles. The van der Waals surface area contributed by atoms with Crippen LogP contribution in [-0.2, 0) is 16.0 Å². The normalized spacial score (nSPS) is 13.3. The standard InChI is InChI=1S/C19H26ClN3O3S/c1-12(13-7-9-14(20)10-8-13)27-11-15-21-16(23-26-15)19(5,6)22-17(24)25-18(2,3)4/h7-10,12H,11H2,1-6H3,(H,22,24). The topological polar surface area (TPSA) is 77.2 Å². The van der Waals surface area contributed by atoms with Crippen molar-refractivity contribution in [3.8, 4) is 0 Å². The number of amides is 1. The molecule has 0 aliphatic heterocycles. The Morgan fingerprint density at radius 3 is 2.48 bits per heavy atom. The van der Waals surface area contributed by atoms with E-state index in [2.05, 4.69) is 22.4 Å². The number of aromatic nitrogens is 2. The van der Waals surface area contributed by atoms with Gasteiger partial charge in [-0.2, -0.15) is 4.98 Å². The highest BCUT2D eigenvalue weighted by molar-refractivity contribution is 7.98. The molecule has 0 aliphatic rings. The van der Waals surface area contributed by atoms with Gasteiger partial charge < -0.3 is 14.6 Å². The Bertz CT molecular complexity index is 769. The Morgan fingerprint density at radius 1 is 1.26 bits per heavy atom. The predicted molar refractivity (Wildman–Crippen MR) is 108 cm³/mol.